The van der Waals surface area contributed by atoms with E-state index < -0.39 is 43.3 Å². The Hall–Kier alpha value is -4.55. The largest absolute Gasteiger partial charge is 0.449 e. The maximum Gasteiger partial charge on any atom is 0.404 e. The summed E-state index contributed by atoms with van der Waals surface area (Å²) >= 11 is 0. The molecule has 0 spiro atoms. The summed E-state index contributed by atoms with van der Waals surface area (Å²) in [6.07, 6.45) is -3.98. The zero-order valence-corrected chi connectivity index (χ0v) is 18.6. The Bertz CT molecular complexity index is 926. The maximum absolute atomic E-state index is 14.6. The fraction of sp³-hybridized carbons (Fsp3) is 0.273. The van der Waals surface area contributed by atoms with Gasteiger partial charge in [0.2, 0.25) is 5.67 Å². The molecule has 190 valence electrons. The van der Waals surface area contributed by atoms with Crippen LogP contribution in [0.25, 0.3) is 0 Å². The predicted octanol–water partition coefficient (Wildman–Crippen LogP) is 2.00. The average Bonchev–Trinajstić information content (AvgIpc) is 2.82. The van der Waals surface area contributed by atoms with E-state index in [1.165, 1.54) is 12.1 Å². The fourth-order valence-electron chi connectivity index (χ4n) is 2.65. The molecule has 0 unspecified atom stereocenters. The molecule has 0 fully saturated rings. The number of halogens is 1. The molecule has 13 heteroatoms. The van der Waals surface area contributed by atoms with Gasteiger partial charge in [0.05, 0.1) is 5.92 Å². The first-order valence-corrected chi connectivity index (χ1v) is 10.0. The molecular formula is C22H27FN4O8. The van der Waals surface area contributed by atoms with Gasteiger partial charge in [-0.1, -0.05) is 60.7 Å². The summed E-state index contributed by atoms with van der Waals surface area (Å²) in [6, 6.07) is 17.0. The maximum atomic E-state index is 14.6. The first-order chi connectivity index (χ1) is 16.5. The second kappa shape index (κ2) is 14.6. The van der Waals surface area contributed by atoms with Crippen LogP contribution < -0.4 is 22.9 Å². The van der Waals surface area contributed by atoms with Gasteiger partial charge < -0.3 is 41.9 Å². The minimum Gasteiger partial charge on any atom is -0.449 e. The highest BCUT2D eigenvalue weighted by Gasteiger charge is 2.35. The number of carbonyl (C=O) groups excluding carboxylic acids is 4. The first-order valence-electron chi connectivity index (χ1n) is 10.0. The second-order valence-electron chi connectivity index (χ2n) is 6.91. The summed E-state index contributed by atoms with van der Waals surface area (Å²) in [6.45, 7) is -1.27. The van der Waals surface area contributed by atoms with E-state index in [2.05, 4.69) is 9.47 Å². The summed E-state index contributed by atoms with van der Waals surface area (Å²) in [7, 11) is 0. The first kappa shape index (κ1) is 28.5. The highest BCUT2D eigenvalue weighted by atomic mass is 19.1. The van der Waals surface area contributed by atoms with Crippen LogP contribution in [0, 0.1) is 0 Å². The summed E-state index contributed by atoms with van der Waals surface area (Å²) in [5, 5.41) is 0. The third-order valence-corrected chi connectivity index (χ3v) is 4.30. The van der Waals surface area contributed by atoms with Crippen LogP contribution in [0.5, 0.6) is 0 Å². The Morgan fingerprint density at radius 3 is 1.40 bits per heavy atom. The Kier molecular flexibility index (Phi) is 11.9. The van der Waals surface area contributed by atoms with Crippen molar-refractivity contribution < 1.29 is 42.5 Å². The van der Waals surface area contributed by atoms with E-state index in [0.717, 1.165) is 5.56 Å². The van der Waals surface area contributed by atoms with E-state index in [4.69, 9.17) is 32.4 Å². The van der Waals surface area contributed by atoms with E-state index in [1.54, 1.807) is 18.2 Å². The molecule has 8 N–H and O–H groups in total. The lowest BCUT2D eigenvalue weighted by Gasteiger charge is -2.24. The highest BCUT2D eigenvalue weighted by Crippen LogP contribution is 2.27. The molecule has 0 aliphatic heterocycles. The lowest BCUT2D eigenvalue weighted by molar-refractivity contribution is -0.00109. The molecule has 0 radical (unpaired) electrons. The number of benzene rings is 2. The smallest absolute Gasteiger partial charge is 0.404 e. The summed E-state index contributed by atoms with van der Waals surface area (Å²) in [5.74, 6) is -0.281. The number of ether oxygens (including phenoxy) is 4. The van der Waals surface area contributed by atoms with Crippen molar-refractivity contribution in [2.45, 2.75) is 11.6 Å². The van der Waals surface area contributed by atoms with Gasteiger partial charge in [-0.3, -0.25) is 0 Å². The normalized spacial score (nSPS) is 10.3. The third kappa shape index (κ3) is 11.8. The van der Waals surface area contributed by atoms with Crippen molar-refractivity contribution in [3.63, 3.8) is 0 Å². The number of alkyl halides is 1. The SMILES string of the molecule is NC(=O)OCC(COC(N)=O)c1ccccc1.NC(=O)OCC(F)(COC(N)=O)c1ccccc1. The van der Waals surface area contributed by atoms with E-state index in [1.807, 2.05) is 30.3 Å². The van der Waals surface area contributed by atoms with Crippen LogP contribution in [0.2, 0.25) is 0 Å². The average molecular weight is 494 g/mol. The van der Waals surface area contributed by atoms with Gasteiger partial charge in [-0.2, -0.15) is 0 Å². The molecule has 0 heterocycles. The van der Waals surface area contributed by atoms with Crippen molar-refractivity contribution in [2.24, 2.45) is 22.9 Å². The third-order valence-electron chi connectivity index (χ3n) is 4.30. The predicted molar refractivity (Wildman–Crippen MR) is 121 cm³/mol. The van der Waals surface area contributed by atoms with Crippen molar-refractivity contribution in [3.05, 3.63) is 71.8 Å². The fourth-order valence-corrected chi connectivity index (χ4v) is 2.65. The van der Waals surface area contributed by atoms with Gasteiger partial charge in [0.1, 0.15) is 26.4 Å². The van der Waals surface area contributed by atoms with Crippen LogP contribution in [0.3, 0.4) is 0 Å². The Labute approximate surface area is 200 Å². The number of carbonyl (C=O) groups is 4. The Morgan fingerprint density at radius 2 is 1.03 bits per heavy atom. The molecule has 0 aliphatic rings. The van der Waals surface area contributed by atoms with Crippen molar-refractivity contribution >= 4 is 24.4 Å². The van der Waals surface area contributed by atoms with Crippen LogP contribution in [-0.4, -0.2) is 50.8 Å². The number of amides is 4. The molecule has 0 saturated carbocycles. The van der Waals surface area contributed by atoms with Crippen LogP contribution in [0.15, 0.2) is 60.7 Å². The quantitative estimate of drug-likeness (QED) is 0.358. The van der Waals surface area contributed by atoms with Gasteiger partial charge in [-0.15, -0.1) is 0 Å². The minimum atomic E-state index is -2.19. The lowest BCUT2D eigenvalue weighted by Crippen LogP contribution is -2.36. The molecule has 2 aromatic rings. The molecule has 0 saturated heterocycles. The zero-order chi connectivity index (χ0) is 26.3. The standard InChI is InChI=1S/C11H13FN2O4.C11H14N2O4/c12-11(6-17-9(13)15,7-18-10(14)16)8-4-2-1-3-5-8;12-10(14)16-6-9(7-17-11(13)15)8-4-2-1-3-5-8/h1-5H,6-7H2,(H2,13,15)(H2,14,16);1-5,9H,6-7H2,(H2,12,14)(H2,13,15). The van der Waals surface area contributed by atoms with Crippen molar-refractivity contribution in [2.75, 3.05) is 26.4 Å². The summed E-state index contributed by atoms with van der Waals surface area (Å²) in [4.78, 5) is 42.1. The molecule has 4 amide bonds. The molecule has 0 aromatic heterocycles. The van der Waals surface area contributed by atoms with Crippen LogP contribution >= 0.6 is 0 Å². The van der Waals surface area contributed by atoms with E-state index in [0.29, 0.717) is 0 Å². The van der Waals surface area contributed by atoms with Gasteiger partial charge in [0, 0.05) is 0 Å². The number of primary amides is 4. The highest BCUT2D eigenvalue weighted by molar-refractivity contribution is 5.66. The molecule has 35 heavy (non-hydrogen) atoms. The molecule has 0 atom stereocenters. The number of hydrogen-bond acceptors (Lipinski definition) is 8. The number of hydrogen-bond donors (Lipinski definition) is 4. The molecule has 2 aromatic carbocycles. The Morgan fingerprint density at radius 1 is 0.657 bits per heavy atom. The van der Waals surface area contributed by atoms with Crippen LogP contribution in [0.4, 0.5) is 23.6 Å². The summed E-state index contributed by atoms with van der Waals surface area (Å²) in [5.41, 5.74) is 18.2. The van der Waals surface area contributed by atoms with Gasteiger partial charge in [-0.25, -0.2) is 23.6 Å². The van der Waals surface area contributed by atoms with Crippen molar-refractivity contribution in [1.82, 2.24) is 0 Å². The number of nitrogens with two attached hydrogens (primary N) is 4. The van der Waals surface area contributed by atoms with Crippen molar-refractivity contribution in [3.8, 4) is 0 Å². The monoisotopic (exact) mass is 494 g/mol. The molecule has 2 rings (SSSR count). The molecule has 0 bridgehead atoms. The van der Waals surface area contributed by atoms with E-state index in [-0.39, 0.29) is 24.7 Å². The van der Waals surface area contributed by atoms with E-state index >= 15 is 0 Å². The molecule has 12 nitrogen and oxygen atoms in total. The van der Waals surface area contributed by atoms with Gasteiger partial charge >= 0.3 is 24.4 Å². The minimum absolute atomic E-state index is 0.0344. The van der Waals surface area contributed by atoms with Gasteiger partial charge in [0.15, 0.2) is 0 Å². The van der Waals surface area contributed by atoms with Gasteiger partial charge in [0.25, 0.3) is 0 Å². The van der Waals surface area contributed by atoms with Crippen LogP contribution in [-0.2, 0) is 24.6 Å². The van der Waals surface area contributed by atoms with Crippen LogP contribution in [0.1, 0.15) is 17.0 Å². The molecular weight excluding hydrogens is 467 g/mol. The van der Waals surface area contributed by atoms with Crippen molar-refractivity contribution in [1.29, 1.82) is 0 Å². The van der Waals surface area contributed by atoms with Gasteiger partial charge in [-0.05, 0) is 11.1 Å². The lowest BCUT2D eigenvalue weighted by atomic mass is 9.97. The topological polar surface area (TPSA) is 209 Å². The number of rotatable bonds is 10. The molecule has 0 aliphatic carbocycles. The second-order valence-corrected chi connectivity index (χ2v) is 6.91. The Balaban J connectivity index is 0.000000351. The summed E-state index contributed by atoms with van der Waals surface area (Å²) < 4.78 is 32.8. The zero-order valence-electron chi connectivity index (χ0n) is 18.6. The van der Waals surface area contributed by atoms with E-state index in [9.17, 15) is 23.6 Å².